The summed E-state index contributed by atoms with van der Waals surface area (Å²) in [7, 11) is 0. The number of pyridine rings is 1. The summed E-state index contributed by atoms with van der Waals surface area (Å²) in [4.78, 5) is 16.1. The third-order valence-electron chi connectivity index (χ3n) is 4.55. The first-order valence-electron chi connectivity index (χ1n) is 10.0. The minimum absolute atomic E-state index is 0.220. The highest BCUT2D eigenvalue weighted by atomic mass is 35.5. The number of rotatable bonds is 7. The van der Waals surface area contributed by atoms with Gasteiger partial charge in [0.25, 0.3) is 0 Å². The third kappa shape index (κ3) is 5.97. The molecule has 0 saturated carbocycles. The fraction of sp³-hybridized carbons (Fsp3) is 0.391. The molecule has 0 N–H and O–H groups in total. The highest BCUT2D eigenvalue weighted by Gasteiger charge is 2.16. The van der Waals surface area contributed by atoms with Crippen LogP contribution in [0.3, 0.4) is 0 Å². The van der Waals surface area contributed by atoms with Crippen molar-refractivity contribution < 1.29 is 23.7 Å². The van der Waals surface area contributed by atoms with Crippen molar-refractivity contribution in [3.05, 3.63) is 52.2 Å². The van der Waals surface area contributed by atoms with Crippen molar-refractivity contribution in [2.24, 2.45) is 0 Å². The molecule has 3 rings (SSSR count). The molecule has 1 fully saturated rings. The van der Waals surface area contributed by atoms with Gasteiger partial charge < -0.3 is 18.9 Å². The topological polar surface area (TPSA) is 66.9 Å². The average Bonchev–Trinajstić information content (AvgIpc) is 2.73. The van der Waals surface area contributed by atoms with Gasteiger partial charge in [0.15, 0.2) is 12.0 Å². The van der Waals surface area contributed by atoms with E-state index in [0.29, 0.717) is 34.6 Å². The predicted octanol–water partition coefficient (Wildman–Crippen LogP) is 5.71. The second kappa shape index (κ2) is 10.5. The zero-order valence-electron chi connectivity index (χ0n) is 17.4. The maximum absolute atomic E-state index is 11.8. The number of ether oxygens (including phenoxy) is 4. The number of aromatic nitrogens is 1. The number of hydrogen-bond donors (Lipinski definition) is 0. The molecule has 0 bridgehead atoms. The molecule has 30 heavy (non-hydrogen) atoms. The molecule has 0 amide bonds. The van der Waals surface area contributed by atoms with Crippen LogP contribution in [0.15, 0.2) is 36.0 Å². The lowest BCUT2D eigenvalue weighted by Gasteiger charge is -2.23. The normalized spacial score (nSPS) is 16.8. The zero-order valence-corrected chi connectivity index (χ0v) is 18.2. The fourth-order valence-corrected chi connectivity index (χ4v) is 3.39. The van der Waals surface area contributed by atoms with E-state index in [1.54, 1.807) is 44.3 Å². The van der Waals surface area contributed by atoms with E-state index in [9.17, 15) is 4.79 Å². The van der Waals surface area contributed by atoms with Gasteiger partial charge in [-0.2, -0.15) is 0 Å². The molecule has 1 aliphatic heterocycles. The van der Waals surface area contributed by atoms with Crippen LogP contribution >= 0.6 is 11.6 Å². The number of carbonyl (C=O) groups is 1. The summed E-state index contributed by atoms with van der Waals surface area (Å²) in [6, 6.07) is 7.16. The minimum Gasteiger partial charge on any atom is -0.463 e. The summed E-state index contributed by atoms with van der Waals surface area (Å²) in [5, 5.41) is 0.427. The standard InChI is InChI=1S/C23H26ClNO5/c1-4-27-23(26)16(3)12-17-11-15(2)22(19(24)13-17)30-20-9-8-18(14-25-20)29-21-7-5-6-10-28-21/h8-9,11-14,21H,4-7,10H2,1-3H3/b16-12+. The Morgan fingerprint density at radius 2 is 2.17 bits per heavy atom. The molecular formula is C23H26ClNO5. The van der Waals surface area contributed by atoms with E-state index in [0.717, 1.165) is 37.0 Å². The van der Waals surface area contributed by atoms with Crippen molar-refractivity contribution in [2.75, 3.05) is 13.2 Å². The molecule has 2 aromatic rings. The van der Waals surface area contributed by atoms with E-state index in [1.807, 2.05) is 13.0 Å². The van der Waals surface area contributed by atoms with Crippen molar-refractivity contribution in [2.45, 2.75) is 46.3 Å². The van der Waals surface area contributed by atoms with Crippen molar-refractivity contribution >= 4 is 23.6 Å². The molecule has 0 spiro atoms. The van der Waals surface area contributed by atoms with Gasteiger partial charge in [-0.25, -0.2) is 9.78 Å². The Hall–Kier alpha value is -2.57. The van der Waals surface area contributed by atoms with Gasteiger partial charge >= 0.3 is 5.97 Å². The Bertz CT molecular complexity index is 881. The summed E-state index contributed by atoms with van der Waals surface area (Å²) in [5.41, 5.74) is 2.11. The minimum atomic E-state index is -0.350. The SMILES string of the molecule is CCOC(=O)/C(C)=C/c1cc(C)c(Oc2ccc(OC3CCCCO3)cn2)c(Cl)c1. The summed E-state index contributed by atoms with van der Waals surface area (Å²) < 4.78 is 22.3. The van der Waals surface area contributed by atoms with Crippen LogP contribution in [-0.2, 0) is 14.3 Å². The monoisotopic (exact) mass is 431 g/mol. The molecule has 0 radical (unpaired) electrons. The van der Waals surface area contributed by atoms with E-state index in [-0.39, 0.29) is 12.3 Å². The van der Waals surface area contributed by atoms with E-state index in [2.05, 4.69) is 4.98 Å². The van der Waals surface area contributed by atoms with Crippen LogP contribution in [0.25, 0.3) is 6.08 Å². The molecule has 1 aromatic carbocycles. The van der Waals surface area contributed by atoms with Crippen molar-refractivity contribution in [3.8, 4) is 17.4 Å². The second-order valence-electron chi connectivity index (χ2n) is 7.04. The molecule has 7 heteroatoms. The van der Waals surface area contributed by atoms with E-state index < -0.39 is 0 Å². The predicted molar refractivity (Wildman–Crippen MR) is 115 cm³/mol. The highest BCUT2D eigenvalue weighted by molar-refractivity contribution is 6.32. The van der Waals surface area contributed by atoms with Gasteiger partial charge in [0.2, 0.25) is 5.88 Å². The van der Waals surface area contributed by atoms with E-state index >= 15 is 0 Å². The Morgan fingerprint density at radius 1 is 1.33 bits per heavy atom. The Balaban J connectivity index is 1.69. The van der Waals surface area contributed by atoms with Crippen LogP contribution < -0.4 is 9.47 Å². The van der Waals surface area contributed by atoms with Crippen LogP contribution in [-0.4, -0.2) is 30.5 Å². The molecule has 1 atom stereocenters. The molecule has 6 nitrogen and oxygen atoms in total. The van der Waals surface area contributed by atoms with Gasteiger partial charge in [-0.3, -0.25) is 0 Å². The summed E-state index contributed by atoms with van der Waals surface area (Å²) in [6.07, 6.45) is 6.17. The summed E-state index contributed by atoms with van der Waals surface area (Å²) in [5.74, 6) is 1.20. The maximum atomic E-state index is 11.8. The van der Waals surface area contributed by atoms with Gasteiger partial charge in [0.1, 0.15) is 5.75 Å². The lowest BCUT2D eigenvalue weighted by Crippen LogP contribution is -2.24. The lowest BCUT2D eigenvalue weighted by atomic mass is 10.1. The Morgan fingerprint density at radius 3 is 2.80 bits per heavy atom. The van der Waals surface area contributed by atoms with Gasteiger partial charge in [-0.1, -0.05) is 11.6 Å². The number of hydrogen-bond acceptors (Lipinski definition) is 6. The lowest BCUT2D eigenvalue weighted by molar-refractivity contribution is -0.138. The second-order valence-corrected chi connectivity index (χ2v) is 7.45. The number of nitrogens with zero attached hydrogens (tertiary/aromatic N) is 1. The largest absolute Gasteiger partial charge is 0.463 e. The number of esters is 1. The highest BCUT2D eigenvalue weighted by Crippen LogP contribution is 2.34. The summed E-state index contributed by atoms with van der Waals surface area (Å²) in [6.45, 7) is 6.42. The van der Waals surface area contributed by atoms with Gasteiger partial charge in [0, 0.05) is 18.1 Å². The molecule has 2 heterocycles. The van der Waals surface area contributed by atoms with Gasteiger partial charge in [-0.15, -0.1) is 0 Å². The maximum Gasteiger partial charge on any atom is 0.333 e. The summed E-state index contributed by atoms with van der Waals surface area (Å²) >= 11 is 6.43. The first kappa shape index (κ1) is 22.1. The molecule has 0 aliphatic carbocycles. The van der Waals surface area contributed by atoms with E-state index in [4.69, 9.17) is 30.5 Å². The molecule has 1 aromatic heterocycles. The van der Waals surface area contributed by atoms with Crippen LogP contribution in [0, 0.1) is 6.92 Å². The first-order valence-corrected chi connectivity index (χ1v) is 10.4. The molecular weight excluding hydrogens is 406 g/mol. The van der Waals surface area contributed by atoms with Gasteiger partial charge in [0.05, 0.1) is 24.4 Å². The van der Waals surface area contributed by atoms with Crippen LogP contribution in [0.5, 0.6) is 17.4 Å². The van der Waals surface area contributed by atoms with Crippen molar-refractivity contribution in [3.63, 3.8) is 0 Å². The number of halogens is 1. The molecule has 1 aliphatic rings. The van der Waals surface area contributed by atoms with Gasteiger partial charge in [-0.05, 0) is 69.0 Å². The Kier molecular flexibility index (Phi) is 7.71. The van der Waals surface area contributed by atoms with E-state index in [1.165, 1.54) is 0 Å². The van der Waals surface area contributed by atoms with Crippen LogP contribution in [0.2, 0.25) is 5.02 Å². The average molecular weight is 432 g/mol. The quantitative estimate of drug-likeness (QED) is 0.413. The Labute approximate surface area is 181 Å². The number of carbonyl (C=O) groups excluding carboxylic acids is 1. The van der Waals surface area contributed by atoms with Crippen LogP contribution in [0.4, 0.5) is 0 Å². The van der Waals surface area contributed by atoms with Crippen LogP contribution in [0.1, 0.15) is 44.2 Å². The fourth-order valence-electron chi connectivity index (χ4n) is 3.08. The zero-order chi connectivity index (χ0) is 21.5. The molecule has 1 saturated heterocycles. The van der Waals surface area contributed by atoms with Crippen molar-refractivity contribution in [1.82, 2.24) is 4.98 Å². The van der Waals surface area contributed by atoms with Crippen molar-refractivity contribution in [1.29, 1.82) is 0 Å². The number of aryl methyl sites for hydroxylation is 1. The third-order valence-corrected chi connectivity index (χ3v) is 4.83. The molecule has 160 valence electrons. The number of benzene rings is 1. The smallest absolute Gasteiger partial charge is 0.333 e. The molecule has 1 unspecified atom stereocenters. The first-order chi connectivity index (χ1) is 14.5.